The van der Waals surface area contributed by atoms with Crippen molar-refractivity contribution in [1.29, 1.82) is 0 Å². The molecule has 0 bridgehead atoms. The average molecular weight is 379 g/mol. The van der Waals surface area contributed by atoms with Gasteiger partial charge in [-0.2, -0.15) is 9.77 Å². The van der Waals surface area contributed by atoms with Gasteiger partial charge in [0, 0.05) is 24.1 Å². The highest BCUT2D eigenvalue weighted by atomic mass is 32.2. The van der Waals surface area contributed by atoms with Gasteiger partial charge >= 0.3 is 5.69 Å². The van der Waals surface area contributed by atoms with Gasteiger partial charge in [-0.25, -0.2) is 18.2 Å². The van der Waals surface area contributed by atoms with Gasteiger partial charge in [0.25, 0.3) is 5.56 Å². The molecule has 26 heavy (non-hydrogen) atoms. The Kier molecular flexibility index (Phi) is 4.77. The number of hydrogen-bond donors (Lipinski definition) is 2. The third-order valence-corrected chi connectivity index (χ3v) is 4.36. The number of nitrogens with one attached hydrogen (secondary N) is 2. The zero-order valence-electron chi connectivity index (χ0n) is 14.4. The number of benzene rings is 1. The lowest BCUT2D eigenvalue weighted by Gasteiger charge is -2.14. The van der Waals surface area contributed by atoms with E-state index in [9.17, 15) is 18.2 Å². The number of aromatic nitrogens is 4. The Hall–Kier alpha value is -2.75. The number of rotatable bonds is 5. The summed E-state index contributed by atoms with van der Waals surface area (Å²) in [5, 5.41) is 4.41. The quantitative estimate of drug-likeness (QED) is 0.700. The molecule has 0 aliphatic carbocycles. The molecular weight excluding hydrogens is 361 g/mol. The Morgan fingerprint density at radius 1 is 1.35 bits per heavy atom. The lowest BCUT2D eigenvalue weighted by Crippen LogP contribution is -2.41. The van der Waals surface area contributed by atoms with E-state index in [0.717, 1.165) is 0 Å². The van der Waals surface area contributed by atoms with E-state index < -0.39 is 28.9 Å². The Labute approximate surface area is 150 Å². The maximum Gasteiger partial charge on any atom is 0.348 e. The summed E-state index contributed by atoms with van der Waals surface area (Å²) < 4.78 is 27.4. The van der Waals surface area contributed by atoms with Crippen LogP contribution >= 0.6 is 0 Å². The smallest absolute Gasteiger partial charge is 0.305 e. The molecular formula is C16H18FN5O3S. The molecule has 1 unspecified atom stereocenters. The molecule has 0 aliphatic heterocycles. The molecule has 0 aliphatic rings. The van der Waals surface area contributed by atoms with Crippen molar-refractivity contribution in [1.82, 2.24) is 19.4 Å². The van der Waals surface area contributed by atoms with Crippen molar-refractivity contribution < 1.29 is 8.60 Å². The van der Waals surface area contributed by atoms with E-state index in [1.54, 1.807) is 16.9 Å². The molecule has 10 heteroatoms. The van der Waals surface area contributed by atoms with Crippen LogP contribution in [0.4, 0.5) is 4.39 Å². The van der Waals surface area contributed by atoms with Gasteiger partial charge in [0.1, 0.15) is 17.7 Å². The minimum atomic E-state index is -1.61. The number of halogens is 1. The first kappa shape index (κ1) is 18.1. The summed E-state index contributed by atoms with van der Waals surface area (Å²) in [6.45, 7) is 3.12. The number of hydrogen-bond acceptors (Lipinski definition) is 4. The van der Waals surface area contributed by atoms with Crippen LogP contribution in [0.15, 0.2) is 34.0 Å². The average Bonchev–Trinajstić information content (AvgIpc) is 3.07. The molecule has 138 valence electrons. The van der Waals surface area contributed by atoms with E-state index in [2.05, 4.69) is 14.9 Å². The second-order valence-electron chi connectivity index (χ2n) is 6.06. The fraction of sp³-hybridized carbons (Fsp3) is 0.312. The molecule has 1 aromatic carbocycles. The molecule has 0 saturated carbocycles. The number of alkyl halides is 1. The molecule has 0 radical (unpaired) electrons. The molecule has 2 aromatic heterocycles. The molecule has 0 amide bonds. The van der Waals surface area contributed by atoms with Gasteiger partial charge in [0.2, 0.25) is 0 Å². The standard InChI is InChI=1S/C16H18FN5O3S/c1-9(2)21-14(4-5-18-21)11-7-12-13(6-10(11)8-17)19-16(24)22(15(12)23)20-26(3)25/h4-7,9,20H,8H2,1-3H3,(H,19,24). The number of fused-ring (bicyclic) bond motifs is 1. The molecule has 3 aromatic rings. The molecule has 2 heterocycles. The van der Waals surface area contributed by atoms with Crippen molar-refractivity contribution in [3.63, 3.8) is 0 Å². The second-order valence-corrected chi connectivity index (χ2v) is 7.15. The van der Waals surface area contributed by atoms with Crippen LogP contribution in [0, 0.1) is 0 Å². The van der Waals surface area contributed by atoms with E-state index in [1.165, 1.54) is 18.4 Å². The Morgan fingerprint density at radius 3 is 2.69 bits per heavy atom. The highest BCUT2D eigenvalue weighted by molar-refractivity contribution is 7.85. The molecule has 0 saturated heterocycles. The second kappa shape index (κ2) is 6.87. The SMILES string of the molecule is CC(C)n1nccc1-c1cc2c(=O)n(NS(C)=O)c(=O)[nH]c2cc1CF. The maximum atomic E-state index is 13.6. The van der Waals surface area contributed by atoms with Crippen LogP contribution in [0.3, 0.4) is 0 Å². The molecule has 0 fully saturated rings. The minimum Gasteiger partial charge on any atom is -0.305 e. The van der Waals surface area contributed by atoms with Crippen LogP contribution in [0.2, 0.25) is 0 Å². The van der Waals surface area contributed by atoms with Gasteiger partial charge < -0.3 is 4.98 Å². The van der Waals surface area contributed by atoms with E-state index in [-0.39, 0.29) is 16.9 Å². The Balaban J connectivity index is 2.34. The lowest BCUT2D eigenvalue weighted by atomic mass is 10.0. The highest BCUT2D eigenvalue weighted by Gasteiger charge is 2.17. The van der Waals surface area contributed by atoms with E-state index in [1.807, 2.05) is 13.8 Å². The molecule has 0 spiro atoms. The van der Waals surface area contributed by atoms with Gasteiger partial charge in [0.15, 0.2) is 0 Å². The Bertz CT molecular complexity index is 1120. The van der Waals surface area contributed by atoms with E-state index in [4.69, 9.17) is 0 Å². The number of H-pyrrole nitrogens is 1. The highest BCUT2D eigenvalue weighted by Crippen LogP contribution is 2.29. The van der Waals surface area contributed by atoms with Crippen LogP contribution in [0.1, 0.15) is 25.5 Å². The van der Waals surface area contributed by atoms with Crippen molar-refractivity contribution in [2.24, 2.45) is 0 Å². The number of nitrogens with zero attached hydrogens (tertiary/aromatic N) is 3. The van der Waals surface area contributed by atoms with Gasteiger partial charge in [-0.05, 0) is 37.6 Å². The summed E-state index contributed by atoms with van der Waals surface area (Å²) in [7, 11) is -1.61. The summed E-state index contributed by atoms with van der Waals surface area (Å²) in [5.74, 6) is 0. The lowest BCUT2D eigenvalue weighted by molar-refractivity contribution is 0.485. The first-order chi connectivity index (χ1) is 12.3. The first-order valence-electron chi connectivity index (χ1n) is 7.85. The summed E-state index contributed by atoms with van der Waals surface area (Å²) in [4.78, 5) is 29.5. The third kappa shape index (κ3) is 3.07. The molecule has 3 rings (SSSR count). The fourth-order valence-electron chi connectivity index (χ4n) is 2.81. The van der Waals surface area contributed by atoms with Gasteiger partial charge in [0.05, 0.1) is 16.6 Å². The molecule has 8 nitrogen and oxygen atoms in total. The zero-order valence-corrected chi connectivity index (χ0v) is 15.3. The van der Waals surface area contributed by atoms with Crippen molar-refractivity contribution in [2.45, 2.75) is 26.6 Å². The van der Waals surface area contributed by atoms with Crippen LogP contribution in [0.25, 0.3) is 22.2 Å². The van der Waals surface area contributed by atoms with Crippen molar-refractivity contribution in [3.8, 4) is 11.3 Å². The largest absolute Gasteiger partial charge is 0.348 e. The maximum absolute atomic E-state index is 13.6. The summed E-state index contributed by atoms with van der Waals surface area (Å²) >= 11 is 0. The topological polar surface area (TPSA) is 102 Å². The van der Waals surface area contributed by atoms with Crippen LogP contribution in [-0.2, 0) is 17.7 Å². The monoisotopic (exact) mass is 379 g/mol. The van der Waals surface area contributed by atoms with E-state index in [0.29, 0.717) is 21.5 Å². The third-order valence-electron chi connectivity index (χ3n) is 3.92. The Morgan fingerprint density at radius 2 is 2.08 bits per heavy atom. The van der Waals surface area contributed by atoms with Gasteiger partial charge in [-0.15, -0.1) is 0 Å². The van der Waals surface area contributed by atoms with Crippen molar-refractivity contribution in [3.05, 3.63) is 50.8 Å². The fourth-order valence-corrected chi connectivity index (χ4v) is 3.23. The minimum absolute atomic E-state index is 0.0413. The van der Waals surface area contributed by atoms with Crippen LogP contribution in [-0.4, -0.2) is 29.9 Å². The normalized spacial score (nSPS) is 12.7. The predicted octanol–water partition coefficient (Wildman–Crippen LogP) is 1.44. The van der Waals surface area contributed by atoms with Gasteiger partial charge in [-0.1, -0.05) is 0 Å². The predicted molar refractivity (Wildman–Crippen MR) is 98.7 cm³/mol. The van der Waals surface area contributed by atoms with Crippen molar-refractivity contribution in [2.75, 3.05) is 11.1 Å². The van der Waals surface area contributed by atoms with Crippen molar-refractivity contribution >= 4 is 21.9 Å². The summed E-state index contributed by atoms with van der Waals surface area (Å²) in [5.41, 5.74) is 0.286. The van der Waals surface area contributed by atoms with Gasteiger partial charge in [-0.3, -0.25) is 9.48 Å². The molecule has 1 atom stereocenters. The number of aromatic amines is 1. The molecule has 2 N–H and O–H groups in total. The summed E-state index contributed by atoms with van der Waals surface area (Å²) in [6.07, 6.45) is 2.91. The van der Waals surface area contributed by atoms with Crippen LogP contribution in [0.5, 0.6) is 0 Å². The summed E-state index contributed by atoms with van der Waals surface area (Å²) in [6, 6.07) is 4.75. The van der Waals surface area contributed by atoms with E-state index >= 15 is 0 Å². The van der Waals surface area contributed by atoms with Crippen LogP contribution < -0.4 is 16.1 Å². The first-order valence-corrected chi connectivity index (χ1v) is 9.41. The zero-order chi connectivity index (χ0) is 19.0.